The molecule has 0 aliphatic heterocycles. The number of carbonyl (C=O) groups is 1. The Morgan fingerprint density at radius 2 is 1.69 bits per heavy atom. The highest BCUT2D eigenvalue weighted by Gasteiger charge is 2.14. The van der Waals surface area contributed by atoms with Gasteiger partial charge in [-0.3, -0.25) is 0 Å². The van der Waals surface area contributed by atoms with Crippen molar-refractivity contribution in [1.82, 2.24) is 20.1 Å². The molecule has 0 unspecified atom stereocenters. The van der Waals surface area contributed by atoms with Gasteiger partial charge in [-0.15, -0.1) is 0 Å². The fourth-order valence-electron chi connectivity index (χ4n) is 2.74. The molecule has 0 aliphatic carbocycles. The second kappa shape index (κ2) is 7.67. The monoisotopic (exact) mass is 390 g/mol. The smallest absolute Gasteiger partial charge is 0.338 e. The molecule has 0 N–H and O–H groups in total. The van der Waals surface area contributed by atoms with E-state index < -0.39 is 5.97 Å². The Morgan fingerprint density at radius 1 is 0.966 bits per heavy atom. The number of hydrogen-bond acceptors (Lipinski definition) is 8. The zero-order valence-electron chi connectivity index (χ0n) is 16.2. The first-order valence-electron chi connectivity index (χ1n) is 8.92. The first-order valence-corrected chi connectivity index (χ1v) is 8.92. The second-order valence-electron chi connectivity index (χ2n) is 6.41. The summed E-state index contributed by atoms with van der Waals surface area (Å²) in [6.07, 6.45) is 0. The van der Waals surface area contributed by atoms with E-state index in [2.05, 4.69) is 20.1 Å². The minimum absolute atomic E-state index is 0.126. The Bertz CT molecular complexity index is 1190. The number of esters is 1. The quantitative estimate of drug-likeness (QED) is 0.476. The fraction of sp³-hybridized carbons (Fsp3) is 0.190. The first-order chi connectivity index (χ1) is 14.0. The van der Waals surface area contributed by atoms with Gasteiger partial charge in [0.1, 0.15) is 5.75 Å². The van der Waals surface area contributed by atoms with Gasteiger partial charge >= 0.3 is 5.97 Å². The van der Waals surface area contributed by atoms with E-state index in [1.807, 2.05) is 26.0 Å². The SMILES string of the molecule is COc1ccc(-c2noc(COC(=O)c3ccc4nc(C)c(C)nc4c3)n2)cc1. The highest BCUT2D eigenvalue weighted by molar-refractivity contribution is 5.93. The number of carbonyl (C=O) groups excluding carboxylic acids is 1. The molecule has 0 bridgehead atoms. The van der Waals surface area contributed by atoms with Crippen molar-refractivity contribution in [3.63, 3.8) is 0 Å². The van der Waals surface area contributed by atoms with Crippen molar-refractivity contribution in [3.8, 4) is 17.1 Å². The molecule has 0 fully saturated rings. The molecule has 2 heterocycles. The second-order valence-corrected chi connectivity index (χ2v) is 6.41. The van der Waals surface area contributed by atoms with E-state index in [-0.39, 0.29) is 12.5 Å². The Balaban J connectivity index is 1.45. The van der Waals surface area contributed by atoms with Gasteiger partial charge in [-0.1, -0.05) is 5.16 Å². The predicted octanol–water partition coefficient (Wildman–Crippen LogP) is 3.66. The van der Waals surface area contributed by atoms with Crippen LogP contribution in [-0.2, 0) is 11.3 Å². The van der Waals surface area contributed by atoms with Crippen molar-refractivity contribution in [1.29, 1.82) is 0 Å². The normalized spacial score (nSPS) is 10.9. The van der Waals surface area contributed by atoms with Crippen molar-refractivity contribution in [2.24, 2.45) is 0 Å². The van der Waals surface area contributed by atoms with Gasteiger partial charge < -0.3 is 14.0 Å². The summed E-state index contributed by atoms with van der Waals surface area (Å²) < 4.78 is 15.6. The van der Waals surface area contributed by atoms with Crippen molar-refractivity contribution in [2.75, 3.05) is 7.11 Å². The molecule has 2 aromatic carbocycles. The van der Waals surface area contributed by atoms with Crippen LogP contribution < -0.4 is 4.74 Å². The van der Waals surface area contributed by atoms with E-state index in [1.165, 1.54) is 0 Å². The Kier molecular flexibility index (Phi) is 4.90. The van der Waals surface area contributed by atoms with Crippen LogP contribution in [0.5, 0.6) is 5.75 Å². The van der Waals surface area contributed by atoms with Crippen LogP contribution in [-0.4, -0.2) is 33.2 Å². The number of ether oxygens (including phenoxy) is 2. The lowest BCUT2D eigenvalue weighted by Crippen LogP contribution is -2.06. The molecule has 4 rings (SSSR count). The van der Waals surface area contributed by atoms with E-state index >= 15 is 0 Å². The van der Waals surface area contributed by atoms with Crippen LogP contribution in [0.4, 0.5) is 0 Å². The largest absolute Gasteiger partial charge is 0.497 e. The third kappa shape index (κ3) is 3.91. The maximum Gasteiger partial charge on any atom is 0.338 e. The Labute approximate surface area is 166 Å². The van der Waals surface area contributed by atoms with Crippen molar-refractivity contribution < 1.29 is 18.8 Å². The van der Waals surface area contributed by atoms with E-state index in [9.17, 15) is 4.79 Å². The number of fused-ring (bicyclic) bond motifs is 1. The van der Waals surface area contributed by atoms with Crippen LogP contribution >= 0.6 is 0 Å². The van der Waals surface area contributed by atoms with Gasteiger partial charge in [0.15, 0.2) is 6.61 Å². The molecular formula is C21H18N4O4. The molecule has 0 saturated carbocycles. The summed E-state index contributed by atoms with van der Waals surface area (Å²) in [6, 6.07) is 12.3. The molecule has 0 aliphatic rings. The highest BCUT2D eigenvalue weighted by atomic mass is 16.6. The van der Waals surface area contributed by atoms with Crippen molar-refractivity contribution >= 4 is 17.0 Å². The number of methoxy groups -OCH3 is 1. The van der Waals surface area contributed by atoms with Crippen LogP contribution in [0.2, 0.25) is 0 Å². The topological polar surface area (TPSA) is 100 Å². The van der Waals surface area contributed by atoms with Gasteiger partial charge in [0, 0.05) is 5.56 Å². The molecule has 0 radical (unpaired) electrons. The van der Waals surface area contributed by atoms with Crippen LogP contribution in [0.1, 0.15) is 27.6 Å². The minimum Gasteiger partial charge on any atom is -0.497 e. The number of aryl methyl sites for hydroxylation is 2. The average molecular weight is 390 g/mol. The summed E-state index contributed by atoms with van der Waals surface area (Å²) in [4.78, 5) is 25.6. The van der Waals surface area contributed by atoms with E-state index in [0.717, 1.165) is 28.2 Å². The summed E-state index contributed by atoms with van der Waals surface area (Å²) in [5.74, 6) is 0.842. The fourth-order valence-corrected chi connectivity index (χ4v) is 2.74. The van der Waals surface area contributed by atoms with Crippen LogP contribution in [0.15, 0.2) is 47.0 Å². The number of rotatable bonds is 5. The summed E-state index contributed by atoms with van der Waals surface area (Å²) in [6.45, 7) is 3.65. The summed E-state index contributed by atoms with van der Waals surface area (Å²) in [7, 11) is 1.60. The molecule has 0 saturated heterocycles. The summed E-state index contributed by atoms with van der Waals surface area (Å²) in [5, 5.41) is 3.91. The number of benzene rings is 2. The predicted molar refractivity (Wildman–Crippen MR) is 104 cm³/mol. The Morgan fingerprint density at radius 3 is 2.41 bits per heavy atom. The third-order valence-corrected chi connectivity index (χ3v) is 4.45. The molecule has 8 nitrogen and oxygen atoms in total. The highest BCUT2D eigenvalue weighted by Crippen LogP contribution is 2.20. The number of aromatic nitrogens is 4. The molecule has 0 atom stereocenters. The Hall–Kier alpha value is -3.81. The van der Waals surface area contributed by atoms with Crippen LogP contribution in [0, 0.1) is 13.8 Å². The van der Waals surface area contributed by atoms with Crippen molar-refractivity contribution in [3.05, 3.63) is 65.3 Å². The number of hydrogen-bond donors (Lipinski definition) is 0. The van der Waals surface area contributed by atoms with Gasteiger partial charge in [0.2, 0.25) is 5.82 Å². The molecule has 0 amide bonds. The molecule has 8 heteroatoms. The molecule has 0 spiro atoms. The molecule has 146 valence electrons. The van der Waals surface area contributed by atoms with Gasteiger partial charge in [0.05, 0.1) is 35.1 Å². The summed E-state index contributed by atoms with van der Waals surface area (Å²) in [5.41, 5.74) is 4.19. The lowest BCUT2D eigenvalue weighted by atomic mass is 10.2. The molecule has 4 aromatic rings. The zero-order valence-corrected chi connectivity index (χ0v) is 16.2. The minimum atomic E-state index is -0.504. The van der Waals surface area contributed by atoms with Crippen molar-refractivity contribution in [2.45, 2.75) is 20.5 Å². The third-order valence-electron chi connectivity index (χ3n) is 4.45. The first kappa shape index (κ1) is 18.5. The molecule has 2 aromatic heterocycles. The molecule has 29 heavy (non-hydrogen) atoms. The molecular weight excluding hydrogens is 372 g/mol. The van der Waals surface area contributed by atoms with E-state index in [4.69, 9.17) is 14.0 Å². The van der Waals surface area contributed by atoms with Crippen LogP contribution in [0.25, 0.3) is 22.4 Å². The lowest BCUT2D eigenvalue weighted by Gasteiger charge is -2.05. The van der Waals surface area contributed by atoms with Gasteiger partial charge in [-0.05, 0) is 56.3 Å². The van der Waals surface area contributed by atoms with E-state index in [1.54, 1.807) is 37.4 Å². The van der Waals surface area contributed by atoms with Gasteiger partial charge in [0.25, 0.3) is 5.89 Å². The summed E-state index contributed by atoms with van der Waals surface area (Å²) >= 11 is 0. The standard InChI is InChI=1S/C21H18N4O4/c1-12-13(2)23-18-10-15(6-9-17(18)22-12)21(26)28-11-19-24-20(25-29-19)14-4-7-16(27-3)8-5-14/h4-10H,11H2,1-3H3. The maximum absolute atomic E-state index is 12.4. The van der Waals surface area contributed by atoms with Gasteiger partial charge in [-0.25, -0.2) is 14.8 Å². The van der Waals surface area contributed by atoms with Crippen LogP contribution in [0.3, 0.4) is 0 Å². The van der Waals surface area contributed by atoms with Gasteiger partial charge in [-0.2, -0.15) is 4.98 Å². The van der Waals surface area contributed by atoms with E-state index in [0.29, 0.717) is 16.9 Å². The lowest BCUT2D eigenvalue weighted by molar-refractivity contribution is 0.0430. The average Bonchev–Trinajstić information content (AvgIpc) is 3.21. The zero-order chi connectivity index (χ0) is 20.4. The number of nitrogens with zero attached hydrogens (tertiary/aromatic N) is 4. The maximum atomic E-state index is 12.4.